The lowest BCUT2D eigenvalue weighted by atomic mass is 9.91. The van der Waals surface area contributed by atoms with Crippen molar-refractivity contribution in [3.8, 4) is 0 Å². The van der Waals surface area contributed by atoms with Crippen molar-refractivity contribution in [2.45, 2.75) is 19.3 Å². The van der Waals surface area contributed by atoms with Gasteiger partial charge in [-0.15, -0.1) is 0 Å². The predicted octanol–water partition coefficient (Wildman–Crippen LogP) is 4.91. The van der Waals surface area contributed by atoms with Gasteiger partial charge < -0.3 is 0 Å². The summed E-state index contributed by atoms with van der Waals surface area (Å²) < 4.78 is 0. The van der Waals surface area contributed by atoms with E-state index in [4.69, 9.17) is 0 Å². The van der Waals surface area contributed by atoms with E-state index in [9.17, 15) is 14.4 Å². The largest absolute Gasteiger partial charge is 0.294 e. The molecule has 0 saturated heterocycles. The van der Waals surface area contributed by atoms with Crippen LogP contribution in [0.2, 0.25) is 0 Å². The lowest BCUT2D eigenvalue weighted by Crippen LogP contribution is -2.23. The summed E-state index contributed by atoms with van der Waals surface area (Å²) in [6.45, 7) is 2.06. The van der Waals surface area contributed by atoms with Crippen LogP contribution in [-0.2, 0) is 6.42 Å². The van der Waals surface area contributed by atoms with Crippen LogP contribution in [0.15, 0.2) is 78.9 Å². The molecule has 3 aromatic rings. The molecule has 0 N–H and O–H groups in total. The van der Waals surface area contributed by atoms with Gasteiger partial charge in [-0.25, -0.2) is 0 Å². The molecule has 3 aromatic carbocycles. The van der Waals surface area contributed by atoms with Gasteiger partial charge in [-0.3, -0.25) is 14.4 Å². The molecule has 2 aliphatic carbocycles. The van der Waals surface area contributed by atoms with E-state index in [0.29, 0.717) is 16.7 Å². The summed E-state index contributed by atoms with van der Waals surface area (Å²) >= 11 is 0. The Morgan fingerprint density at radius 3 is 1.90 bits per heavy atom. The molecule has 3 heteroatoms. The summed E-state index contributed by atoms with van der Waals surface area (Å²) in [5.41, 5.74) is 2.15. The highest BCUT2D eigenvalue weighted by atomic mass is 16.2. The Balaban J connectivity index is 1.63. The van der Waals surface area contributed by atoms with Crippen LogP contribution in [0.1, 0.15) is 55.0 Å². The minimum atomic E-state index is -1.30. The van der Waals surface area contributed by atoms with Gasteiger partial charge in [0.1, 0.15) is 5.41 Å². The Morgan fingerprint density at radius 2 is 1.34 bits per heavy atom. The summed E-state index contributed by atoms with van der Waals surface area (Å²) in [4.78, 5) is 40.4. The van der Waals surface area contributed by atoms with Crippen molar-refractivity contribution in [1.82, 2.24) is 0 Å². The van der Waals surface area contributed by atoms with Gasteiger partial charge in [-0.1, -0.05) is 85.8 Å². The van der Waals surface area contributed by atoms with Crippen LogP contribution in [0.3, 0.4) is 0 Å². The van der Waals surface area contributed by atoms with Crippen molar-refractivity contribution >= 4 is 17.3 Å². The van der Waals surface area contributed by atoms with Gasteiger partial charge in [0.25, 0.3) is 0 Å². The number of hydrogen-bond donors (Lipinski definition) is 0. The quantitative estimate of drug-likeness (QED) is 0.477. The van der Waals surface area contributed by atoms with Gasteiger partial charge in [0.2, 0.25) is 0 Å². The number of carbonyl (C=O) groups excluding carboxylic acids is 3. The molecule has 0 radical (unpaired) electrons. The molecule has 5 rings (SSSR count). The van der Waals surface area contributed by atoms with Crippen LogP contribution < -0.4 is 0 Å². The molecule has 142 valence electrons. The first-order chi connectivity index (χ1) is 14.1. The SMILES string of the molecule is CCc1ccc(C(=O)C2C(c3ccccc3)C23C(=O)c2ccccc2C3=O)cc1. The van der Waals surface area contributed by atoms with Crippen molar-refractivity contribution in [2.24, 2.45) is 11.3 Å². The number of hydrogen-bond acceptors (Lipinski definition) is 3. The molecular formula is C26H20O3. The van der Waals surface area contributed by atoms with E-state index < -0.39 is 17.3 Å². The van der Waals surface area contributed by atoms with E-state index in [1.807, 2.05) is 54.6 Å². The molecule has 0 heterocycles. The molecule has 2 aliphatic rings. The molecule has 1 spiro atoms. The number of carbonyl (C=O) groups is 3. The van der Waals surface area contributed by atoms with Crippen LogP contribution >= 0.6 is 0 Å². The van der Waals surface area contributed by atoms with Crippen molar-refractivity contribution in [3.63, 3.8) is 0 Å². The van der Waals surface area contributed by atoms with E-state index in [0.717, 1.165) is 17.5 Å². The van der Waals surface area contributed by atoms with Gasteiger partial charge in [-0.05, 0) is 17.5 Å². The molecular weight excluding hydrogens is 360 g/mol. The zero-order valence-corrected chi connectivity index (χ0v) is 16.1. The normalized spacial score (nSPS) is 21.3. The van der Waals surface area contributed by atoms with Crippen LogP contribution in [0, 0.1) is 11.3 Å². The topological polar surface area (TPSA) is 51.2 Å². The predicted molar refractivity (Wildman–Crippen MR) is 110 cm³/mol. The molecule has 2 unspecified atom stereocenters. The number of ketones is 3. The average Bonchev–Trinajstić information content (AvgIpc) is 3.44. The zero-order chi connectivity index (χ0) is 20.2. The van der Waals surface area contributed by atoms with Gasteiger partial charge in [0, 0.05) is 22.6 Å². The summed E-state index contributed by atoms with van der Waals surface area (Å²) in [6.07, 6.45) is 0.890. The monoisotopic (exact) mass is 380 g/mol. The number of Topliss-reactive ketones (excluding diaryl/α,β-unsaturated/α-hetero) is 3. The lowest BCUT2D eigenvalue weighted by molar-refractivity contribution is 0.0764. The maximum Gasteiger partial charge on any atom is 0.178 e. The molecule has 2 atom stereocenters. The van der Waals surface area contributed by atoms with Crippen molar-refractivity contribution in [2.75, 3.05) is 0 Å². The second-order valence-electron chi connectivity index (χ2n) is 7.85. The Hall–Kier alpha value is -3.33. The fourth-order valence-electron chi connectivity index (χ4n) is 4.94. The van der Waals surface area contributed by atoms with E-state index in [-0.39, 0.29) is 17.3 Å². The molecule has 3 nitrogen and oxygen atoms in total. The Labute approximate surface area is 169 Å². The highest BCUT2D eigenvalue weighted by Gasteiger charge is 2.78. The minimum absolute atomic E-state index is 0.129. The smallest absolute Gasteiger partial charge is 0.178 e. The third kappa shape index (κ3) is 2.34. The summed E-state index contributed by atoms with van der Waals surface area (Å²) in [7, 11) is 0. The van der Waals surface area contributed by atoms with Gasteiger partial charge in [0.05, 0.1) is 5.92 Å². The van der Waals surface area contributed by atoms with Crippen LogP contribution in [0.4, 0.5) is 0 Å². The first-order valence-electron chi connectivity index (χ1n) is 9.97. The second-order valence-corrected chi connectivity index (χ2v) is 7.85. The lowest BCUT2D eigenvalue weighted by Gasteiger charge is -2.07. The fraction of sp³-hybridized carbons (Fsp3) is 0.192. The van der Waals surface area contributed by atoms with Gasteiger partial charge in [0.15, 0.2) is 17.3 Å². The van der Waals surface area contributed by atoms with Crippen molar-refractivity contribution < 1.29 is 14.4 Å². The molecule has 0 aliphatic heterocycles. The Morgan fingerprint density at radius 1 is 0.793 bits per heavy atom. The fourth-order valence-corrected chi connectivity index (χ4v) is 4.94. The molecule has 0 aromatic heterocycles. The summed E-state index contributed by atoms with van der Waals surface area (Å²) in [5.74, 6) is -1.64. The standard InChI is InChI=1S/C26H20O3/c1-2-16-12-14-18(15-13-16)23(27)22-21(17-8-4-3-5-9-17)26(22)24(28)19-10-6-7-11-20(19)25(26)29/h3-15,21-22H,2H2,1H3. The summed E-state index contributed by atoms with van der Waals surface area (Å²) in [6, 6.07) is 23.9. The molecule has 0 bridgehead atoms. The van der Waals surface area contributed by atoms with Crippen LogP contribution in [-0.4, -0.2) is 17.3 Å². The number of benzene rings is 3. The molecule has 29 heavy (non-hydrogen) atoms. The molecule has 0 amide bonds. The third-order valence-electron chi connectivity index (χ3n) is 6.46. The van der Waals surface area contributed by atoms with E-state index >= 15 is 0 Å². The minimum Gasteiger partial charge on any atom is -0.294 e. The maximum absolute atomic E-state index is 13.5. The Bertz CT molecular complexity index is 1110. The average molecular weight is 380 g/mol. The van der Waals surface area contributed by atoms with Gasteiger partial charge in [-0.2, -0.15) is 0 Å². The molecule has 1 fully saturated rings. The maximum atomic E-state index is 13.5. The van der Waals surface area contributed by atoms with Crippen molar-refractivity contribution in [1.29, 1.82) is 0 Å². The van der Waals surface area contributed by atoms with E-state index in [1.165, 1.54) is 0 Å². The molecule has 1 saturated carbocycles. The number of fused-ring (bicyclic) bond motifs is 1. The summed E-state index contributed by atoms with van der Waals surface area (Å²) in [5, 5.41) is 0. The van der Waals surface area contributed by atoms with Gasteiger partial charge >= 0.3 is 0 Å². The first kappa shape index (κ1) is 17.7. The van der Waals surface area contributed by atoms with Crippen molar-refractivity contribution in [3.05, 3.63) is 107 Å². The van der Waals surface area contributed by atoms with E-state index in [2.05, 4.69) is 6.92 Å². The van der Waals surface area contributed by atoms with E-state index in [1.54, 1.807) is 24.3 Å². The van der Waals surface area contributed by atoms with Crippen LogP contribution in [0.25, 0.3) is 0 Å². The Kier molecular flexibility index (Phi) is 3.88. The highest BCUT2D eigenvalue weighted by molar-refractivity contribution is 6.35. The number of rotatable bonds is 4. The third-order valence-corrected chi connectivity index (χ3v) is 6.46. The highest BCUT2D eigenvalue weighted by Crippen LogP contribution is 2.70. The first-order valence-corrected chi connectivity index (χ1v) is 9.97. The second kappa shape index (κ2) is 6.35. The number of aryl methyl sites for hydroxylation is 1. The van der Waals surface area contributed by atoms with Crippen LogP contribution in [0.5, 0.6) is 0 Å². The zero-order valence-electron chi connectivity index (χ0n) is 16.1.